The zero-order valence-electron chi connectivity index (χ0n) is 45.1. The molecule has 89 heavy (non-hydrogen) atoms. The Labute approximate surface area is 541 Å². The number of pyridine rings is 4. The van der Waals surface area contributed by atoms with Crippen LogP contribution in [0.5, 0.6) is 0 Å². The number of fused-ring (bicyclic) bond motifs is 4. The Morgan fingerprint density at radius 3 is 0.629 bits per heavy atom. The van der Waals surface area contributed by atoms with Gasteiger partial charge >= 0.3 is 34.1 Å². The number of para-hydroxylation sites is 4. The maximum Gasteiger partial charge on any atom is 2.00 e. The van der Waals surface area contributed by atoms with Crippen LogP contribution in [0.3, 0.4) is 0 Å². The minimum absolute atomic E-state index is 0. The second-order valence-electron chi connectivity index (χ2n) is 17.6. The van der Waals surface area contributed by atoms with E-state index in [0.29, 0.717) is 22.1 Å². The van der Waals surface area contributed by atoms with Crippen LogP contribution in [0, 0.1) is 23.3 Å². The second kappa shape index (κ2) is 31.8. The minimum Gasteiger partial charge on any atom is -0.571 e. The Bertz CT molecular complexity index is 4210. The largest absolute Gasteiger partial charge is 2.00 e. The number of rotatable bonds is 12. The van der Waals surface area contributed by atoms with Crippen LogP contribution in [0.15, 0.2) is 263 Å². The Hall–Kier alpha value is -8.26. The SMILES string of the molecule is ClCCl.O=S(=O)([N-]c1cccc2cccnc12)c1ccc(F)cc1.O=S(=O)([N-]c1cccc2cccnc12)c1ccc(F)cc1.O=S(=O)([N-]c1cccc2cccnc12)c1ccc(F)cc1.O=S(=O)([N-]c1cccc2cccnc12)c1ccc(F)cc1.[Cu+2].[Cu+2]. The summed E-state index contributed by atoms with van der Waals surface area (Å²) < 4.78 is 165. The molecule has 0 unspecified atom stereocenters. The number of aromatic nitrogens is 4. The molecule has 0 amide bonds. The van der Waals surface area contributed by atoms with Crippen LogP contribution < -0.4 is 0 Å². The summed E-state index contributed by atoms with van der Waals surface area (Å²) in [7, 11) is -15.6. The van der Waals surface area contributed by atoms with Crippen LogP contribution in [0.25, 0.3) is 62.5 Å². The van der Waals surface area contributed by atoms with E-state index in [0.717, 1.165) is 70.1 Å². The molecule has 462 valence electrons. The first kappa shape index (κ1) is 69.8. The number of hydrogen-bond acceptors (Lipinski definition) is 12. The molecule has 2 radical (unpaired) electrons. The molecule has 0 aliphatic heterocycles. The van der Waals surface area contributed by atoms with Gasteiger partial charge in [-0.2, -0.15) is 0 Å². The Morgan fingerprint density at radius 1 is 0.281 bits per heavy atom. The summed E-state index contributed by atoms with van der Waals surface area (Å²) in [6.45, 7) is 0. The van der Waals surface area contributed by atoms with Crippen molar-refractivity contribution in [2.75, 3.05) is 5.34 Å². The number of sulfonamides is 4. The summed E-state index contributed by atoms with van der Waals surface area (Å²) in [5.74, 6) is -2.00. The number of nitrogens with zero attached hydrogens (tertiary/aromatic N) is 8. The first-order valence-corrected chi connectivity index (χ1v) is 31.9. The van der Waals surface area contributed by atoms with Crippen LogP contribution in [0.2, 0.25) is 0 Å². The molecule has 0 aliphatic carbocycles. The molecule has 0 fully saturated rings. The maximum atomic E-state index is 12.9. The summed E-state index contributed by atoms with van der Waals surface area (Å²) in [6, 6.07) is 53.0. The fourth-order valence-electron chi connectivity index (χ4n) is 7.80. The van der Waals surface area contributed by atoms with E-state index in [-0.39, 0.29) is 81.8 Å². The van der Waals surface area contributed by atoms with Crippen LogP contribution in [0.4, 0.5) is 40.3 Å². The van der Waals surface area contributed by atoms with Gasteiger partial charge < -0.3 is 18.9 Å². The van der Waals surface area contributed by atoms with Crippen molar-refractivity contribution in [3.8, 4) is 0 Å². The molecule has 0 spiro atoms. The standard InChI is InChI=1S/4C15H10FN2O2S.CH2Cl2.2Cu/c4*16-12-6-8-13(9-7-12)21(19,20)18-14-5-1-3-11-4-2-10-17-15(11)14;2-1-3;;/h4*1-10H;1H2;;/q4*-1;;2*+2. The van der Waals surface area contributed by atoms with E-state index >= 15 is 0 Å². The van der Waals surface area contributed by atoms with Crippen molar-refractivity contribution >= 4 is 130 Å². The van der Waals surface area contributed by atoms with Crippen molar-refractivity contribution in [3.63, 3.8) is 0 Å². The van der Waals surface area contributed by atoms with Gasteiger partial charge in [0.2, 0.25) is 0 Å². The van der Waals surface area contributed by atoms with Gasteiger partial charge in [0.1, 0.15) is 63.4 Å². The molecule has 4 aromatic heterocycles. The second-order valence-corrected chi connectivity index (χ2v) is 24.8. The molecular formula is C61H42Cl2Cu2F4N8O8S4. The van der Waals surface area contributed by atoms with Crippen molar-refractivity contribution in [2.24, 2.45) is 0 Å². The Morgan fingerprint density at radius 2 is 0.449 bits per heavy atom. The Balaban J connectivity index is 0.000000185. The summed E-state index contributed by atoms with van der Waals surface area (Å²) in [4.78, 5) is 16.4. The maximum absolute atomic E-state index is 12.9. The molecule has 12 aromatic rings. The average Bonchev–Trinajstić information content (AvgIpc) is 1.89. The van der Waals surface area contributed by atoms with Gasteiger partial charge in [0.25, 0.3) is 0 Å². The average molecular weight is 1420 g/mol. The van der Waals surface area contributed by atoms with Gasteiger partial charge in [-0.25, -0.2) is 51.2 Å². The molecule has 0 saturated carbocycles. The quantitative estimate of drug-likeness (QED) is 0.0630. The molecule has 0 saturated heterocycles. The fraction of sp³-hybridized carbons (Fsp3) is 0.0164. The summed E-state index contributed by atoms with van der Waals surface area (Å²) in [5, 5.41) is 3.39. The first-order chi connectivity index (χ1) is 41.7. The third-order valence-corrected chi connectivity index (χ3v) is 17.0. The fourth-order valence-corrected chi connectivity index (χ4v) is 11.8. The predicted molar refractivity (Wildman–Crippen MR) is 330 cm³/mol. The zero-order chi connectivity index (χ0) is 62.2. The molecule has 0 aliphatic rings. The molecule has 0 bridgehead atoms. The smallest absolute Gasteiger partial charge is 0.571 e. The van der Waals surface area contributed by atoms with Gasteiger partial charge in [-0.15, -0.1) is 46.0 Å². The van der Waals surface area contributed by atoms with E-state index in [1.807, 2.05) is 48.5 Å². The van der Waals surface area contributed by atoms with Crippen molar-refractivity contribution in [1.82, 2.24) is 19.9 Å². The van der Waals surface area contributed by atoms with Crippen LogP contribution in [0.1, 0.15) is 0 Å². The van der Waals surface area contributed by atoms with E-state index in [1.54, 1.807) is 97.6 Å². The van der Waals surface area contributed by atoms with Crippen molar-refractivity contribution < 1.29 is 85.4 Å². The summed E-state index contributed by atoms with van der Waals surface area (Å²) in [5.41, 5.74) is 3.07. The molecule has 12 rings (SSSR count). The van der Waals surface area contributed by atoms with Crippen molar-refractivity contribution in [3.05, 3.63) is 285 Å². The van der Waals surface area contributed by atoms with Crippen LogP contribution >= 0.6 is 23.2 Å². The normalized spacial score (nSPS) is 11.0. The molecule has 28 heteroatoms. The van der Waals surface area contributed by atoms with E-state index in [2.05, 4.69) is 38.8 Å². The number of alkyl halides is 2. The van der Waals surface area contributed by atoms with Crippen molar-refractivity contribution in [1.29, 1.82) is 0 Å². The first-order valence-electron chi connectivity index (χ1n) is 25.1. The number of halogens is 6. The van der Waals surface area contributed by atoms with E-state index < -0.39 is 63.4 Å². The van der Waals surface area contributed by atoms with Crippen LogP contribution in [-0.2, 0) is 74.2 Å². The van der Waals surface area contributed by atoms with E-state index in [1.165, 1.54) is 48.5 Å². The van der Waals surface area contributed by atoms with Gasteiger partial charge in [0.15, 0.2) is 0 Å². The molecule has 0 N–H and O–H groups in total. The molecular weight excluding hydrogens is 1370 g/mol. The van der Waals surface area contributed by atoms with Crippen LogP contribution in [-0.4, -0.2) is 58.9 Å². The number of benzene rings is 8. The van der Waals surface area contributed by atoms with Gasteiger partial charge in [0.05, 0.1) is 47.0 Å². The molecule has 4 heterocycles. The van der Waals surface area contributed by atoms with Gasteiger partial charge in [0, 0.05) is 24.8 Å². The molecule has 0 atom stereocenters. The third-order valence-electron chi connectivity index (χ3n) is 11.8. The monoisotopic (exact) mass is 1410 g/mol. The van der Waals surface area contributed by atoms with Gasteiger partial charge in [-0.3, -0.25) is 19.9 Å². The molecule has 16 nitrogen and oxygen atoms in total. The van der Waals surface area contributed by atoms with Gasteiger partial charge in [-0.1, -0.05) is 97.1 Å². The Kier molecular flexibility index (Phi) is 24.9. The van der Waals surface area contributed by atoms with E-state index in [4.69, 9.17) is 23.2 Å². The summed E-state index contributed by atoms with van der Waals surface area (Å²) in [6.07, 6.45) is 6.30. The number of hydrogen-bond donors (Lipinski definition) is 0. The predicted octanol–water partition coefficient (Wildman–Crippen LogP) is 16.5. The minimum atomic E-state index is -3.90. The van der Waals surface area contributed by atoms with Crippen molar-refractivity contribution in [2.45, 2.75) is 19.6 Å². The topological polar surface area (TPSA) is 245 Å². The third kappa shape index (κ3) is 18.9. The zero-order valence-corrected chi connectivity index (χ0v) is 51.8. The van der Waals surface area contributed by atoms with Gasteiger partial charge in [-0.05, 0) is 143 Å². The molecule has 8 aromatic carbocycles. The van der Waals surface area contributed by atoms with E-state index in [9.17, 15) is 51.2 Å². The summed E-state index contributed by atoms with van der Waals surface area (Å²) >= 11 is 9.53.